The molecular formula is C41H48N10O6. The van der Waals surface area contributed by atoms with Crippen molar-refractivity contribution < 1.29 is 28.7 Å². The van der Waals surface area contributed by atoms with E-state index >= 15 is 0 Å². The standard InChI is InChI=1S/C41H48N10O6/c1-6-27(48-40(54)56-4)38(52)50-17-7-9-33(50)36-44-22-32(47-36)26-15-16-28-29(19-26)42-20-30(45-28)24-11-13-25(14-12-24)31-21-43-37(46-31)34-10-8-18-51(34)39(53)35(23(2)3)49-41(55)57-5/h11-16,19-23,27,33-35H,6-10,17-18H2,1-5H3,(H,43,46)(H,44,47)(H,48,54)(H,49,55)/t27-,33+,34+,35+/m1/s1. The number of imidazole rings is 2. The van der Waals surface area contributed by atoms with Gasteiger partial charge in [-0.15, -0.1) is 0 Å². The average molecular weight is 777 g/mol. The van der Waals surface area contributed by atoms with Gasteiger partial charge in [-0.2, -0.15) is 0 Å². The third kappa shape index (κ3) is 8.16. The molecule has 2 aromatic carbocycles. The summed E-state index contributed by atoms with van der Waals surface area (Å²) in [5.74, 6) is 0.984. The second-order valence-electron chi connectivity index (χ2n) is 14.7. The number of benzene rings is 2. The number of carbonyl (C=O) groups excluding carboxylic acids is 4. The number of likely N-dealkylation sites (tertiary alicyclic amines) is 2. The number of nitrogens with one attached hydrogen (secondary N) is 4. The third-order valence-electron chi connectivity index (χ3n) is 10.8. The second-order valence-corrected chi connectivity index (χ2v) is 14.7. The number of ether oxygens (including phenoxy) is 2. The summed E-state index contributed by atoms with van der Waals surface area (Å²) in [5.41, 5.74) is 6.57. The van der Waals surface area contributed by atoms with Crippen molar-refractivity contribution in [2.24, 2.45) is 5.92 Å². The Hall–Kier alpha value is -6.32. The molecule has 5 aromatic rings. The van der Waals surface area contributed by atoms with E-state index in [4.69, 9.17) is 19.4 Å². The van der Waals surface area contributed by atoms with Crippen LogP contribution >= 0.6 is 0 Å². The Bertz CT molecular complexity index is 2250. The van der Waals surface area contributed by atoms with Crippen LogP contribution in [0.2, 0.25) is 0 Å². The fraction of sp³-hybridized carbons (Fsp3) is 0.415. The summed E-state index contributed by atoms with van der Waals surface area (Å²) in [7, 11) is 2.56. The molecule has 57 heavy (non-hydrogen) atoms. The predicted octanol–water partition coefficient (Wildman–Crippen LogP) is 5.92. The molecule has 3 aromatic heterocycles. The van der Waals surface area contributed by atoms with Crippen molar-refractivity contribution in [1.29, 1.82) is 0 Å². The maximum Gasteiger partial charge on any atom is 0.407 e. The van der Waals surface area contributed by atoms with Gasteiger partial charge < -0.3 is 39.9 Å². The van der Waals surface area contributed by atoms with Crippen LogP contribution in [0.1, 0.15) is 76.6 Å². The quantitative estimate of drug-likeness (QED) is 0.125. The summed E-state index contributed by atoms with van der Waals surface area (Å²) in [6.45, 7) is 6.81. The minimum Gasteiger partial charge on any atom is -0.453 e. The Morgan fingerprint density at radius 3 is 1.89 bits per heavy atom. The molecule has 16 heteroatoms. The van der Waals surface area contributed by atoms with Crippen molar-refractivity contribution in [3.05, 3.63) is 72.7 Å². The fourth-order valence-corrected chi connectivity index (χ4v) is 7.69. The molecule has 0 radical (unpaired) electrons. The Labute approximate surface area is 330 Å². The van der Waals surface area contributed by atoms with E-state index in [1.165, 1.54) is 14.2 Å². The van der Waals surface area contributed by atoms with Gasteiger partial charge in [-0.3, -0.25) is 14.6 Å². The molecule has 4 N–H and O–H groups in total. The van der Waals surface area contributed by atoms with E-state index in [1.807, 2.05) is 63.2 Å². The molecule has 5 heterocycles. The number of alkyl carbamates (subject to hydrolysis) is 2. The van der Waals surface area contributed by atoms with Crippen LogP contribution in [0.15, 0.2) is 61.1 Å². The largest absolute Gasteiger partial charge is 0.453 e. The van der Waals surface area contributed by atoms with Gasteiger partial charge in [0.2, 0.25) is 11.8 Å². The van der Waals surface area contributed by atoms with Gasteiger partial charge in [0.25, 0.3) is 0 Å². The minimum atomic E-state index is -0.697. The highest BCUT2D eigenvalue weighted by molar-refractivity contribution is 5.87. The predicted molar refractivity (Wildman–Crippen MR) is 211 cm³/mol. The van der Waals surface area contributed by atoms with Gasteiger partial charge in [0, 0.05) is 24.2 Å². The molecule has 298 valence electrons. The van der Waals surface area contributed by atoms with Crippen molar-refractivity contribution in [3.63, 3.8) is 0 Å². The van der Waals surface area contributed by atoms with Crippen LogP contribution in [0.4, 0.5) is 9.59 Å². The maximum atomic E-state index is 13.5. The van der Waals surface area contributed by atoms with Crippen LogP contribution in [0.3, 0.4) is 0 Å². The highest BCUT2D eigenvalue weighted by atomic mass is 16.5. The highest BCUT2D eigenvalue weighted by Crippen LogP contribution is 2.35. The summed E-state index contributed by atoms with van der Waals surface area (Å²) < 4.78 is 9.46. The monoisotopic (exact) mass is 776 g/mol. The molecule has 2 aliphatic rings. The molecule has 7 rings (SSSR count). The van der Waals surface area contributed by atoms with E-state index in [0.717, 1.165) is 70.5 Å². The van der Waals surface area contributed by atoms with Gasteiger partial charge in [0.15, 0.2) is 0 Å². The van der Waals surface area contributed by atoms with Gasteiger partial charge in [0.1, 0.15) is 23.7 Å². The first-order valence-corrected chi connectivity index (χ1v) is 19.4. The van der Waals surface area contributed by atoms with Gasteiger partial charge in [-0.25, -0.2) is 24.5 Å². The van der Waals surface area contributed by atoms with Crippen molar-refractivity contribution >= 4 is 35.0 Å². The SMILES string of the molecule is CC[C@@H](NC(=O)OC)C(=O)N1CCC[C@H]1c1ncc(-c2ccc3nc(-c4ccc(-c5cnc([C@@H]6CCCN6C(=O)[C@@H](NC(=O)OC)C(C)C)[nH]5)cc4)cnc3c2)[nH]1. The molecule has 16 nitrogen and oxygen atoms in total. The normalized spacial score (nSPS) is 17.8. The smallest absolute Gasteiger partial charge is 0.407 e. The lowest BCUT2D eigenvalue weighted by atomic mass is 10.0. The van der Waals surface area contributed by atoms with Crippen LogP contribution in [0.25, 0.3) is 44.8 Å². The first-order chi connectivity index (χ1) is 27.6. The Balaban J connectivity index is 1.02. The molecule has 0 saturated carbocycles. The molecule has 2 fully saturated rings. The number of aromatic amines is 2. The van der Waals surface area contributed by atoms with E-state index in [-0.39, 0.29) is 29.8 Å². The van der Waals surface area contributed by atoms with Crippen molar-refractivity contribution in [3.8, 4) is 33.8 Å². The van der Waals surface area contributed by atoms with E-state index in [0.29, 0.717) is 31.2 Å². The summed E-state index contributed by atoms with van der Waals surface area (Å²) in [6.07, 6.45) is 7.70. The third-order valence-corrected chi connectivity index (χ3v) is 10.8. The molecule has 0 bridgehead atoms. The lowest BCUT2D eigenvalue weighted by Gasteiger charge is -2.30. The zero-order valence-electron chi connectivity index (χ0n) is 32.7. The maximum absolute atomic E-state index is 13.5. The molecule has 2 saturated heterocycles. The first kappa shape index (κ1) is 38.9. The molecule has 0 unspecified atom stereocenters. The van der Waals surface area contributed by atoms with Crippen molar-refractivity contribution in [1.82, 2.24) is 50.3 Å². The number of amides is 4. The molecule has 0 aliphatic carbocycles. The molecular weight excluding hydrogens is 729 g/mol. The van der Waals surface area contributed by atoms with Gasteiger partial charge >= 0.3 is 12.2 Å². The zero-order chi connectivity index (χ0) is 40.2. The zero-order valence-corrected chi connectivity index (χ0v) is 32.7. The Morgan fingerprint density at radius 2 is 1.30 bits per heavy atom. The molecule has 4 amide bonds. The van der Waals surface area contributed by atoms with Gasteiger partial charge in [-0.05, 0) is 55.7 Å². The lowest BCUT2D eigenvalue weighted by molar-refractivity contribution is -0.135. The van der Waals surface area contributed by atoms with Crippen LogP contribution in [0, 0.1) is 5.92 Å². The number of fused-ring (bicyclic) bond motifs is 1. The Kier molecular flexibility index (Phi) is 11.5. The van der Waals surface area contributed by atoms with E-state index in [2.05, 4.69) is 30.6 Å². The number of H-pyrrole nitrogens is 2. The Morgan fingerprint density at radius 1 is 0.737 bits per heavy atom. The minimum absolute atomic E-state index is 0.113. The summed E-state index contributed by atoms with van der Waals surface area (Å²) >= 11 is 0. The van der Waals surface area contributed by atoms with Crippen LogP contribution < -0.4 is 10.6 Å². The van der Waals surface area contributed by atoms with Gasteiger partial charge in [0.05, 0.1) is 73.0 Å². The lowest BCUT2D eigenvalue weighted by Crippen LogP contribution is -2.51. The fourth-order valence-electron chi connectivity index (χ4n) is 7.69. The van der Waals surface area contributed by atoms with Crippen LogP contribution in [0.5, 0.6) is 0 Å². The first-order valence-electron chi connectivity index (χ1n) is 19.4. The van der Waals surface area contributed by atoms with E-state index < -0.39 is 24.3 Å². The second kappa shape index (κ2) is 16.8. The molecule has 4 atom stereocenters. The summed E-state index contributed by atoms with van der Waals surface area (Å²) in [6, 6.07) is 12.0. The number of rotatable bonds is 11. The van der Waals surface area contributed by atoms with E-state index in [1.54, 1.807) is 28.4 Å². The van der Waals surface area contributed by atoms with Gasteiger partial charge in [-0.1, -0.05) is 51.1 Å². The van der Waals surface area contributed by atoms with Crippen molar-refractivity contribution in [2.45, 2.75) is 77.0 Å². The molecule has 2 aliphatic heterocycles. The average Bonchev–Trinajstić information content (AvgIpc) is 4.07. The number of hydrogen-bond donors (Lipinski definition) is 4. The number of methoxy groups -OCH3 is 2. The number of carbonyl (C=O) groups is 4. The molecule has 0 spiro atoms. The van der Waals surface area contributed by atoms with Crippen molar-refractivity contribution in [2.75, 3.05) is 27.3 Å². The number of hydrogen-bond acceptors (Lipinski definition) is 10. The highest BCUT2D eigenvalue weighted by Gasteiger charge is 2.38. The van der Waals surface area contributed by atoms with E-state index in [9.17, 15) is 19.2 Å². The topological polar surface area (TPSA) is 200 Å². The number of aromatic nitrogens is 6. The van der Waals surface area contributed by atoms with Crippen LogP contribution in [-0.2, 0) is 19.1 Å². The van der Waals surface area contributed by atoms with Crippen LogP contribution in [-0.4, -0.2) is 103 Å². The summed E-state index contributed by atoms with van der Waals surface area (Å²) in [5, 5.41) is 5.33. The summed E-state index contributed by atoms with van der Waals surface area (Å²) in [4.78, 5) is 80.0. The number of nitrogens with zero attached hydrogens (tertiary/aromatic N) is 6.